The van der Waals surface area contributed by atoms with Crippen LogP contribution >= 0.6 is 0 Å². The SMILES string of the molecule is NC1=NC(O)(C2CC2)c2ncn([C@]3(N)O[C@H](CO)[C@@H](O)[C@H]3O)c2N1. The number of hydrogen-bond acceptors (Lipinski definition) is 10. The highest BCUT2D eigenvalue weighted by Crippen LogP contribution is 2.50. The number of aliphatic hydroxyl groups excluding tert-OH is 3. The van der Waals surface area contributed by atoms with Gasteiger partial charge in [-0.2, -0.15) is 0 Å². The minimum absolute atomic E-state index is 0.0195. The standard InChI is InChI=1S/C13H20N6O5/c14-11-17-10-8(12(23,18-11)5-1-2-5)16-4-19(10)13(15)9(22)7(21)6(3-20)24-13/h4-7,9,20-23H,1-3,15H2,(H3,14,17,18)/t6-,7-,9-,12?,13+/m1/s1. The van der Waals surface area contributed by atoms with Gasteiger partial charge in [-0.05, 0) is 12.8 Å². The molecule has 1 aromatic heterocycles. The third-order valence-corrected chi connectivity index (χ3v) is 4.82. The number of rotatable bonds is 3. The van der Waals surface area contributed by atoms with Crippen LogP contribution in [0.5, 0.6) is 0 Å². The van der Waals surface area contributed by atoms with E-state index in [1.54, 1.807) is 0 Å². The van der Waals surface area contributed by atoms with Crippen molar-refractivity contribution >= 4 is 11.8 Å². The highest BCUT2D eigenvalue weighted by molar-refractivity contribution is 5.94. The van der Waals surface area contributed by atoms with E-state index in [1.165, 1.54) is 10.9 Å². The first-order chi connectivity index (χ1) is 11.3. The summed E-state index contributed by atoms with van der Waals surface area (Å²) in [5.41, 5.74) is 10.6. The van der Waals surface area contributed by atoms with E-state index in [0.29, 0.717) is 0 Å². The molecule has 0 amide bonds. The van der Waals surface area contributed by atoms with E-state index < -0.39 is 36.5 Å². The summed E-state index contributed by atoms with van der Waals surface area (Å²) < 4.78 is 6.71. The van der Waals surface area contributed by atoms with Gasteiger partial charge < -0.3 is 36.2 Å². The molecule has 0 bridgehead atoms. The number of nitrogens with two attached hydrogens (primary N) is 2. The van der Waals surface area contributed by atoms with E-state index in [1.807, 2.05) is 0 Å². The summed E-state index contributed by atoms with van der Waals surface area (Å²) in [4.78, 5) is 8.25. The molecule has 0 aromatic carbocycles. The van der Waals surface area contributed by atoms with Crippen LogP contribution in [0, 0.1) is 5.92 Å². The number of nitrogens with zero attached hydrogens (tertiary/aromatic N) is 3. The molecule has 132 valence electrons. The molecule has 24 heavy (non-hydrogen) atoms. The Bertz CT molecular complexity index is 705. The van der Waals surface area contributed by atoms with Crippen LogP contribution in [0.15, 0.2) is 11.3 Å². The molecule has 2 fully saturated rings. The van der Waals surface area contributed by atoms with Crippen molar-refractivity contribution in [3.63, 3.8) is 0 Å². The lowest BCUT2D eigenvalue weighted by Gasteiger charge is -2.33. The van der Waals surface area contributed by atoms with Gasteiger partial charge in [-0.25, -0.2) is 9.98 Å². The van der Waals surface area contributed by atoms with Crippen LogP contribution in [0.4, 0.5) is 5.82 Å². The topological polar surface area (TPSA) is 184 Å². The second kappa shape index (κ2) is 4.88. The molecule has 0 radical (unpaired) electrons. The van der Waals surface area contributed by atoms with Crippen molar-refractivity contribution in [2.24, 2.45) is 22.4 Å². The molecule has 3 aliphatic rings. The van der Waals surface area contributed by atoms with Gasteiger partial charge in [-0.3, -0.25) is 10.3 Å². The van der Waals surface area contributed by atoms with Crippen molar-refractivity contribution in [2.75, 3.05) is 11.9 Å². The molecule has 2 aliphatic heterocycles. The first kappa shape index (κ1) is 15.7. The number of imidazole rings is 1. The predicted octanol–water partition coefficient (Wildman–Crippen LogP) is -3.14. The summed E-state index contributed by atoms with van der Waals surface area (Å²) in [6.07, 6.45) is -1.11. The third kappa shape index (κ3) is 1.93. The Balaban J connectivity index is 1.79. The molecule has 11 heteroatoms. The maximum Gasteiger partial charge on any atom is 0.231 e. The summed E-state index contributed by atoms with van der Waals surface area (Å²) in [6, 6.07) is 0. The predicted molar refractivity (Wildman–Crippen MR) is 80.2 cm³/mol. The number of nitrogens with one attached hydrogen (secondary N) is 1. The summed E-state index contributed by atoms with van der Waals surface area (Å²) >= 11 is 0. The molecule has 1 aromatic rings. The molecule has 1 saturated heterocycles. The molecular formula is C13H20N6O5. The average molecular weight is 340 g/mol. The van der Waals surface area contributed by atoms with Gasteiger partial charge in [-0.15, -0.1) is 0 Å². The molecule has 4 rings (SSSR count). The van der Waals surface area contributed by atoms with Crippen molar-refractivity contribution in [3.05, 3.63) is 12.0 Å². The number of hydrogen-bond donors (Lipinski definition) is 7. The van der Waals surface area contributed by atoms with Crippen LogP contribution in [-0.2, 0) is 16.3 Å². The van der Waals surface area contributed by atoms with Crippen molar-refractivity contribution in [1.82, 2.24) is 9.55 Å². The van der Waals surface area contributed by atoms with E-state index in [-0.39, 0.29) is 23.4 Å². The van der Waals surface area contributed by atoms with E-state index in [2.05, 4.69) is 15.3 Å². The molecule has 1 aliphatic carbocycles. The van der Waals surface area contributed by atoms with Gasteiger partial charge in [0.2, 0.25) is 11.6 Å². The molecule has 3 heterocycles. The summed E-state index contributed by atoms with van der Waals surface area (Å²) in [5, 5.41) is 43.2. The van der Waals surface area contributed by atoms with Gasteiger partial charge in [-0.1, -0.05) is 0 Å². The van der Waals surface area contributed by atoms with Crippen LogP contribution in [0.25, 0.3) is 0 Å². The lowest BCUT2D eigenvalue weighted by atomic mass is 10.0. The normalized spacial score (nSPS) is 41.7. The Morgan fingerprint density at radius 1 is 1.42 bits per heavy atom. The minimum Gasteiger partial charge on any atom is -0.394 e. The monoisotopic (exact) mass is 340 g/mol. The maximum absolute atomic E-state index is 10.9. The second-order valence-corrected chi connectivity index (χ2v) is 6.46. The number of anilines is 1. The molecule has 5 atom stereocenters. The van der Waals surface area contributed by atoms with E-state index in [4.69, 9.17) is 16.2 Å². The number of aromatic nitrogens is 2. The van der Waals surface area contributed by atoms with Gasteiger partial charge in [0.1, 0.15) is 36.2 Å². The zero-order valence-electron chi connectivity index (χ0n) is 12.7. The quantitative estimate of drug-likeness (QED) is 0.298. The van der Waals surface area contributed by atoms with Gasteiger partial charge in [0.15, 0.2) is 5.96 Å². The van der Waals surface area contributed by atoms with Gasteiger partial charge >= 0.3 is 0 Å². The highest BCUT2D eigenvalue weighted by atomic mass is 16.6. The fourth-order valence-electron chi connectivity index (χ4n) is 3.33. The van der Waals surface area contributed by atoms with E-state index >= 15 is 0 Å². The summed E-state index contributed by atoms with van der Waals surface area (Å²) in [6.45, 7) is -0.517. The second-order valence-electron chi connectivity index (χ2n) is 6.46. The fraction of sp³-hybridized carbons (Fsp3) is 0.692. The highest BCUT2D eigenvalue weighted by Gasteiger charge is 2.56. The Labute approximate surface area is 136 Å². The molecule has 0 spiro atoms. The third-order valence-electron chi connectivity index (χ3n) is 4.82. The average Bonchev–Trinajstić information content (AvgIpc) is 3.27. The molecular weight excluding hydrogens is 320 g/mol. The summed E-state index contributed by atoms with van der Waals surface area (Å²) in [5.74, 6) is -1.78. The Morgan fingerprint density at radius 3 is 2.71 bits per heavy atom. The number of guanidine groups is 1. The minimum atomic E-state index is -1.89. The fourth-order valence-corrected chi connectivity index (χ4v) is 3.33. The zero-order valence-corrected chi connectivity index (χ0v) is 12.7. The lowest BCUT2D eigenvalue weighted by Crippen LogP contribution is -2.53. The smallest absolute Gasteiger partial charge is 0.231 e. The van der Waals surface area contributed by atoms with Crippen LogP contribution < -0.4 is 16.8 Å². The number of ether oxygens (including phenoxy) is 1. The van der Waals surface area contributed by atoms with E-state index in [0.717, 1.165) is 12.8 Å². The van der Waals surface area contributed by atoms with Gasteiger partial charge in [0.25, 0.3) is 0 Å². The van der Waals surface area contributed by atoms with Crippen LogP contribution in [-0.4, -0.2) is 60.9 Å². The molecule has 1 saturated carbocycles. The number of aliphatic hydroxyl groups is 4. The zero-order chi connectivity index (χ0) is 17.3. The first-order valence-corrected chi connectivity index (χ1v) is 7.68. The lowest BCUT2D eigenvalue weighted by molar-refractivity contribution is -0.142. The van der Waals surface area contributed by atoms with Crippen molar-refractivity contribution in [1.29, 1.82) is 0 Å². The molecule has 11 nitrogen and oxygen atoms in total. The molecule has 1 unspecified atom stereocenters. The van der Waals surface area contributed by atoms with Crippen LogP contribution in [0.3, 0.4) is 0 Å². The van der Waals surface area contributed by atoms with Gasteiger partial charge in [0, 0.05) is 5.92 Å². The largest absolute Gasteiger partial charge is 0.394 e. The number of fused-ring (bicyclic) bond motifs is 1. The Hall–Kier alpha value is -1.76. The van der Waals surface area contributed by atoms with Crippen molar-refractivity contribution in [2.45, 2.75) is 42.7 Å². The van der Waals surface area contributed by atoms with Crippen LogP contribution in [0.2, 0.25) is 0 Å². The summed E-state index contributed by atoms with van der Waals surface area (Å²) in [7, 11) is 0. The Morgan fingerprint density at radius 2 is 2.12 bits per heavy atom. The van der Waals surface area contributed by atoms with E-state index in [9.17, 15) is 20.4 Å². The van der Waals surface area contributed by atoms with Crippen LogP contribution in [0.1, 0.15) is 18.5 Å². The maximum atomic E-state index is 10.9. The van der Waals surface area contributed by atoms with Gasteiger partial charge in [0.05, 0.1) is 6.61 Å². The number of aliphatic imine (C=N–C) groups is 1. The molecule has 9 N–H and O–H groups in total. The van der Waals surface area contributed by atoms with Crippen molar-refractivity contribution in [3.8, 4) is 0 Å². The Kier molecular flexibility index (Phi) is 3.20. The first-order valence-electron chi connectivity index (χ1n) is 7.68. The van der Waals surface area contributed by atoms with Crippen molar-refractivity contribution < 1.29 is 25.2 Å².